The first-order valence-corrected chi connectivity index (χ1v) is 12.6. The SMILES string of the molecule is CC.CCOC(=O)c1c(N2CCN(C(=O)c3ccco3)CC2)c2ccccc2n(CC(C)(C)C)c1=O.N. The Morgan fingerprint density at radius 1 is 1.00 bits per heavy atom. The van der Waals surface area contributed by atoms with Gasteiger partial charge in [-0.15, -0.1) is 0 Å². The molecule has 0 atom stereocenters. The fourth-order valence-corrected chi connectivity index (χ4v) is 4.43. The van der Waals surface area contributed by atoms with Crippen LogP contribution in [0, 0.1) is 5.41 Å². The van der Waals surface area contributed by atoms with E-state index in [1.54, 1.807) is 28.5 Å². The van der Waals surface area contributed by atoms with Crippen LogP contribution in [0.25, 0.3) is 10.9 Å². The zero-order valence-electron chi connectivity index (χ0n) is 22.9. The van der Waals surface area contributed by atoms with Gasteiger partial charge in [-0.2, -0.15) is 0 Å². The molecule has 3 N–H and O–H groups in total. The van der Waals surface area contributed by atoms with E-state index in [9.17, 15) is 14.4 Å². The van der Waals surface area contributed by atoms with Crippen LogP contribution in [0.15, 0.2) is 51.9 Å². The molecule has 0 spiro atoms. The van der Waals surface area contributed by atoms with Crippen molar-refractivity contribution in [2.24, 2.45) is 5.41 Å². The van der Waals surface area contributed by atoms with E-state index < -0.39 is 5.97 Å². The summed E-state index contributed by atoms with van der Waals surface area (Å²) >= 11 is 0. The van der Waals surface area contributed by atoms with E-state index in [2.05, 4.69) is 20.8 Å². The average Bonchev–Trinajstić information content (AvgIpc) is 3.41. The molecule has 0 unspecified atom stereocenters. The lowest BCUT2D eigenvalue weighted by atomic mass is 9.96. The molecule has 1 amide bonds. The molecule has 1 aliphatic rings. The normalized spacial score (nSPS) is 13.5. The first-order chi connectivity index (χ1) is 17.2. The fraction of sp³-hybridized carbons (Fsp3) is 0.464. The molecule has 9 heteroatoms. The third-order valence-electron chi connectivity index (χ3n) is 5.87. The Morgan fingerprint density at radius 3 is 2.22 bits per heavy atom. The first-order valence-electron chi connectivity index (χ1n) is 12.6. The van der Waals surface area contributed by atoms with Crippen molar-refractivity contribution in [2.75, 3.05) is 37.7 Å². The number of piperazine rings is 1. The highest BCUT2D eigenvalue weighted by Gasteiger charge is 2.31. The monoisotopic (exact) mass is 512 g/mol. The Morgan fingerprint density at radius 2 is 1.65 bits per heavy atom. The molecule has 9 nitrogen and oxygen atoms in total. The van der Waals surface area contributed by atoms with Crippen LogP contribution in [-0.2, 0) is 11.3 Å². The Labute approximate surface area is 218 Å². The number of nitrogens with zero attached hydrogens (tertiary/aromatic N) is 3. The highest BCUT2D eigenvalue weighted by molar-refractivity contribution is 6.05. The molecule has 1 fully saturated rings. The second kappa shape index (κ2) is 12.6. The smallest absolute Gasteiger partial charge is 0.345 e. The Bertz CT molecular complexity index is 1250. The lowest BCUT2D eigenvalue weighted by Gasteiger charge is -2.37. The molecule has 0 radical (unpaired) electrons. The number of anilines is 1. The van der Waals surface area contributed by atoms with Crippen molar-refractivity contribution in [1.29, 1.82) is 0 Å². The predicted molar refractivity (Wildman–Crippen MR) is 147 cm³/mol. The molecule has 1 aromatic carbocycles. The minimum Gasteiger partial charge on any atom is -0.462 e. The van der Waals surface area contributed by atoms with Crippen molar-refractivity contribution < 1.29 is 18.7 Å². The van der Waals surface area contributed by atoms with Crippen molar-refractivity contribution in [3.8, 4) is 0 Å². The van der Waals surface area contributed by atoms with E-state index in [0.717, 1.165) is 10.9 Å². The van der Waals surface area contributed by atoms with Gasteiger partial charge in [0.2, 0.25) is 0 Å². The van der Waals surface area contributed by atoms with Gasteiger partial charge in [-0.3, -0.25) is 9.59 Å². The summed E-state index contributed by atoms with van der Waals surface area (Å²) in [4.78, 5) is 43.2. The second-order valence-electron chi connectivity index (χ2n) is 9.67. The number of amides is 1. The van der Waals surface area contributed by atoms with Crippen LogP contribution in [0.4, 0.5) is 5.69 Å². The Balaban J connectivity index is 0.00000157. The summed E-state index contributed by atoms with van der Waals surface area (Å²) in [5, 5.41) is 0.820. The number of para-hydroxylation sites is 1. The molecule has 0 bridgehead atoms. The molecule has 2 aromatic heterocycles. The van der Waals surface area contributed by atoms with Gasteiger partial charge in [0.05, 0.1) is 24.1 Å². The van der Waals surface area contributed by atoms with Crippen LogP contribution in [0.2, 0.25) is 0 Å². The summed E-state index contributed by atoms with van der Waals surface area (Å²) in [6.45, 7) is 14.4. The predicted octanol–water partition coefficient (Wildman–Crippen LogP) is 4.97. The van der Waals surface area contributed by atoms with Gasteiger partial charge in [0.25, 0.3) is 11.5 Å². The van der Waals surface area contributed by atoms with E-state index in [-0.39, 0.29) is 35.2 Å². The summed E-state index contributed by atoms with van der Waals surface area (Å²) in [6, 6.07) is 11.0. The molecule has 0 aliphatic carbocycles. The number of carbonyl (C=O) groups is 2. The number of aromatic nitrogens is 1. The number of esters is 1. The summed E-state index contributed by atoms with van der Waals surface area (Å²) in [5.41, 5.74) is 0.887. The third-order valence-corrected chi connectivity index (χ3v) is 5.87. The maximum atomic E-state index is 13.7. The summed E-state index contributed by atoms with van der Waals surface area (Å²) in [6.07, 6.45) is 1.48. The number of hydrogen-bond acceptors (Lipinski definition) is 7. The highest BCUT2D eigenvalue weighted by atomic mass is 16.5. The van der Waals surface area contributed by atoms with Gasteiger partial charge in [0, 0.05) is 38.1 Å². The lowest BCUT2D eigenvalue weighted by molar-refractivity contribution is 0.0523. The fourth-order valence-electron chi connectivity index (χ4n) is 4.43. The third kappa shape index (κ3) is 6.40. The van der Waals surface area contributed by atoms with Crippen molar-refractivity contribution in [1.82, 2.24) is 15.6 Å². The number of carbonyl (C=O) groups excluding carboxylic acids is 2. The van der Waals surface area contributed by atoms with Crippen molar-refractivity contribution in [2.45, 2.75) is 48.1 Å². The van der Waals surface area contributed by atoms with Gasteiger partial charge in [-0.1, -0.05) is 52.8 Å². The Kier molecular flexibility index (Phi) is 10.1. The van der Waals surface area contributed by atoms with Gasteiger partial charge >= 0.3 is 5.97 Å². The standard InChI is InChI=1S/C26H31N3O5.C2H6.H3N/c1-5-33-25(32)21-22(27-12-14-28(15-13-27)23(30)20-11-8-16-34-20)18-9-6-7-10-19(18)29(24(21)31)17-26(2,3)4;1-2;/h6-11,16H,5,12-15,17H2,1-4H3;1-2H3;1H3. The molecule has 4 rings (SSSR count). The van der Waals surface area contributed by atoms with Crippen molar-refractivity contribution in [3.63, 3.8) is 0 Å². The van der Waals surface area contributed by atoms with E-state index in [4.69, 9.17) is 9.15 Å². The number of fused-ring (bicyclic) bond motifs is 1. The van der Waals surface area contributed by atoms with Crippen LogP contribution in [0.1, 0.15) is 62.5 Å². The van der Waals surface area contributed by atoms with Crippen molar-refractivity contribution in [3.05, 3.63) is 64.3 Å². The zero-order chi connectivity index (χ0) is 26.5. The molecule has 1 aliphatic heterocycles. The van der Waals surface area contributed by atoms with Gasteiger partial charge < -0.3 is 29.7 Å². The topological polar surface area (TPSA) is 120 Å². The largest absolute Gasteiger partial charge is 0.462 e. The number of hydrogen-bond donors (Lipinski definition) is 1. The first kappa shape index (κ1) is 29.6. The van der Waals surface area contributed by atoms with Crippen molar-refractivity contribution >= 4 is 28.5 Å². The molecule has 202 valence electrons. The number of ether oxygens (including phenoxy) is 1. The van der Waals surface area contributed by atoms with E-state index in [1.165, 1.54) is 6.26 Å². The molecular weight excluding hydrogens is 472 g/mol. The quantitative estimate of drug-likeness (QED) is 0.479. The van der Waals surface area contributed by atoms with Gasteiger partial charge in [-0.05, 0) is 30.5 Å². The molecular formula is C28H40N4O5. The number of benzene rings is 1. The average molecular weight is 513 g/mol. The molecule has 3 aromatic rings. The zero-order valence-corrected chi connectivity index (χ0v) is 22.9. The van der Waals surface area contributed by atoms with Crippen LogP contribution in [0.5, 0.6) is 0 Å². The number of furan rings is 1. The maximum Gasteiger partial charge on any atom is 0.345 e. The summed E-state index contributed by atoms with van der Waals surface area (Å²) in [5.74, 6) is -0.485. The molecule has 37 heavy (non-hydrogen) atoms. The summed E-state index contributed by atoms with van der Waals surface area (Å²) in [7, 11) is 0. The van der Waals surface area contributed by atoms with E-state index in [1.807, 2.05) is 43.0 Å². The van der Waals surface area contributed by atoms with Gasteiger partial charge in [0.15, 0.2) is 5.76 Å². The molecule has 0 saturated carbocycles. The Hall–Kier alpha value is -3.59. The van der Waals surface area contributed by atoms with Crippen LogP contribution in [-0.4, -0.2) is 54.1 Å². The minimum absolute atomic E-state index is 0. The van der Waals surface area contributed by atoms with Crippen LogP contribution in [0.3, 0.4) is 0 Å². The van der Waals surface area contributed by atoms with E-state index >= 15 is 0 Å². The lowest BCUT2D eigenvalue weighted by Crippen LogP contribution is -2.49. The van der Waals surface area contributed by atoms with Crippen LogP contribution >= 0.6 is 0 Å². The maximum absolute atomic E-state index is 13.7. The molecule has 1 saturated heterocycles. The van der Waals surface area contributed by atoms with E-state index in [0.29, 0.717) is 44.2 Å². The molecule has 3 heterocycles. The van der Waals surface area contributed by atoms with Crippen LogP contribution < -0.4 is 16.6 Å². The van der Waals surface area contributed by atoms with Gasteiger partial charge in [0.1, 0.15) is 5.56 Å². The highest BCUT2D eigenvalue weighted by Crippen LogP contribution is 2.32. The summed E-state index contributed by atoms with van der Waals surface area (Å²) < 4.78 is 12.3. The second-order valence-corrected chi connectivity index (χ2v) is 9.67. The van der Waals surface area contributed by atoms with Gasteiger partial charge in [-0.25, -0.2) is 4.79 Å². The number of rotatable bonds is 5. The number of pyridine rings is 1. The minimum atomic E-state index is -0.620.